The second-order valence-electron chi connectivity index (χ2n) is 6.24. The number of rotatable bonds is 9. The summed E-state index contributed by atoms with van der Waals surface area (Å²) in [5.74, 6) is 0.881. The summed E-state index contributed by atoms with van der Waals surface area (Å²) in [6.45, 7) is 0.531. The first-order chi connectivity index (χ1) is 14.5. The van der Waals surface area contributed by atoms with Gasteiger partial charge in [0.15, 0.2) is 0 Å². The molecule has 1 heterocycles. The molecule has 4 N–H and O–H groups in total. The lowest BCUT2D eigenvalue weighted by Crippen LogP contribution is -2.12. The molecule has 0 atom stereocenters. The molecule has 0 saturated carbocycles. The third kappa shape index (κ3) is 4.85. The van der Waals surface area contributed by atoms with E-state index in [2.05, 4.69) is 20.6 Å². The Morgan fingerprint density at radius 1 is 1.10 bits per heavy atom. The summed E-state index contributed by atoms with van der Waals surface area (Å²) in [5.41, 5.74) is 7.01. The Kier molecular flexibility index (Phi) is 6.48. The Morgan fingerprint density at radius 2 is 1.87 bits per heavy atom. The van der Waals surface area contributed by atoms with Crippen LogP contribution in [0.5, 0.6) is 11.5 Å². The molecule has 0 amide bonds. The molecule has 0 aliphatic carbocycles. The van der Waals surface area contributed by atoms with Crippen molar-refractivity contribution in [3.63, 3.8) is 0 Å². The van der Waals surface area contributed by atoms with Gasteiger partial charge in [0.25, 0.3) is 0 Å². The van der Waals surface area contributed by atoms with Crippen LogP contribution in [0.3, 0.4) is 0 Å². The van der Waals surface area contributed by atoms with Crippen molar-refractivity contribution in [2.24, 2.45) is 0 Å². The predicted molar refractivity (Wildman–Crippen MR) is 115 cm³/mol. The highest BCUT2D eigenvalue weighted by atomic mass is 16.6. The van der Waals surface area contributed by atoms with Crippen LogP contribution in [0.25, 0.3) is 0 Å². The van der Waals surface area contributed by atoms with Gasteiger partial charge >= 0.3 is 5.69 Å². The van der Waals surface area contributed by atoms with Crippen LogP contribution in [0.4, 0.5) is 29.0 Å². The largest absolute Gasteiger partial charge is 0.497 e. The van der Waals surface area contributed by atoms with Crippen LogP contribution in [0, 0.1) is 10.1 Å². The molecule has 156 valence electrons. The Labute approximate surface area is 173 Å². The van der Waals surface area contributed by atoms with Crippen molar-refractivity contribution in [2.75, 3.05) is 37.1 Å². The summed E-state index contributed by atoms with van der Waals surface area (Å²) in [7, 11) is 3.01. The number of hydrogen-bond acceptors (Lipinski definition) is 9. The van der Waals surface area contributed by atoms with Crippen molar-refractivity contribution in [1.29, 1.82) is 0 Å². The van der Waals surface area contributed by atoms with Gasteiger partial charge in [-0.1, -0.05) is 30.3 Å². The van der Waals surface area contributed by atoms with Crippen LogP contribution in [-0.2, 0) is 6.42 Å². The molecule has 0 saturated heterocycles. The van der Waals surface area contributed by atoms with Crippen molar-refractivity contribution in [1.82, 2.24) is 9.97 Å². The van der Waals surface area contributed by atoms with E-state index in [1.165, 1.54) is 14.2 Å². The standard InChI is InChI=1S/C20H22N6O4/c1-29-14-8-9-16(30-2)15(12-14)23-19-17(26(27)28)18(21)24-20(25-19)22-11-10-13-6-4-3-5-7-13/h3-9,12H,10-11H2,1-2H3,(H4,21,22,23,24,25). The minimum Gasteiger partial charge on any atom is -0.497 e. The first kappa shape index (κ1) is 20.6. The number of nitrogens with two attached hydrogens (primary N) is 1. The van der Waals surface area contributed by atoms with Gasteiger partial charge in [-0.2, -0.15) is 9.97 Å². The summed E-state index contributed by atoms with van der Waals surface area (Å²) in [4.78, 5) is 19.2. The monoisotopic (exact) mass is 410 g/mol. The molecule has 30 heavy (non-hydrogen) atoms. The fraction of sp³-hybridized carbons (Fsp3) is 0.200. The van der Waals surface area contributed by atoms with E-state index in [0.29, 0.717) is 23.7 Å². The van der Waals surface area contributed by atoms with E-state index in [-0.39, 0.29) is 17.6 Å². The molecule has 2 aromatic carbocycles. The fourth-order valence-corrected chi connectivity index (χ4v) is 2.82. The predicted octanol–water partition coefficient (Wildman–Crippen LogP) is 3.38. The molecule has 0 spiro atoms. The van der Waals surface area contributed by atoms with Crippen LogP contribution >= 0.6 is 0 Å². The summed E-state index contributed by atoms with van der Waals surface area (Å²) >= 11 is 0. The Bertz CT molecular complexity index is 1030. The lowest BCUT2D eigenvalue weighted by Gasteiger charge is -2.14. The average Bonchev–Trinajstić information content (AvgIpc) is 2.74. The number of aromatic nitrogens is 2. The number of nitrogens with zero attached hydrogens (tertiary/aromatic N) is 3. The summed E-state index contributed by atoms with van der Waals surface area (Å²) in [6, 6.07) is 14.9. The molecule has 10 heteroatoms. The minimum absolute atomic E-state index is 0.0544. The summed E-state index contributed by atoms with van der Waals surface area (Å²) < 4.78 is 10.5. The summed E-state index contributed by atoms with van der Waals surface area (Å²) in [5, 5.41) is 17.5. The molecular formula is C20H22N6O4. The highest BCUT2D eigenvalue weighted by molar-refractivity contribution is 5.77. The van der Waals surface area contributed by atoms with E-state index in [1.807, 2.05) is 30.3 Å². The maximum atomic E-state index is 11.5. The fourth-order valence-electron chi connectivity index (χ4n) is 2.82. The van der Waals surface area contributed by atoms with Crippen LogP contribution < -0.4 is 25.8 Å². The SMILES string of the molecule is COc1ccc(OC)c(Nc2nc(NCCc3ccccc3)nc(N)c2[N+](=O)[O-])c1. The van der Waals surface area contributed by atoms with Crippen molar-refractivity contribution in [2.45, 2.75) is 6.42 Å². The molecule has 0 radical (unpaired) electrons. The van der Waals surface area contributed by atoms with Crippen molar-refractivity contribution in [3.05, 3.63) is 64.2 Å². The van der Waals surface area contributed by atoms with Gasteiger partial charge in [-0.05, 0) is 24.1 Å². The third-order valence-corrected chi connectivity index (χ3v) is 4.29. The third-order valence-electron chi connectivity index (χ3n) is 4.29. The normalized spacial score (nSPS) is 10.3. The Morgan fingerprint density at radius 3 is 2.53 bits per heavy atom. The number of nitrogens with one attached hydrogen (secondary N) is 2. The smallest absolute Gasteiger partial charge is 0.353 e. The maximum absolute atomic E-state index is 11.5. The van der Waals surface area contributed by atoms with Crippen LogP contribution in [0.15, 0.2) is 48.5 Å². The van der Waals surface area contributed by atoms with Gasteiger partial charge in [0.2, 0.25) is 17.6 Å². The Balaban J connectivity index is 1.88. The van der Waals surface area contributed by atoms with Gasteiger partial charge in [-0.25, -0.2) is 0 Å². The molecule has 1 aromatic heterocycles. The number of hydrogen-bond donors (Lipinski definition) is 3. The van der Waals surface area contributed by atoms with E-state index >= 15 is 0 Å². The second-order valence-corrected chi connectivity index (χ2v) is 6.24. The number of nitro groups is 1. The van der Waals surface area contributed by atoms with Crippen molar-refractivity contribution < 1.29 is 14.4 Å². The van der Waals surface area contributed by atoms with Gasteiger partial charge in [0, 0.05) is 12.6 Å². The zero-order valence-corrected chi connectivity index (χ0v) is 16.6. The number of methoxy groups -OCH3 is 2. The number of benzene rings is 2. The van der Waals surface area contributed by atoms with Crippen LogP contribution in [-0.4, -0.2) is 35.7 Å². The van der Waals surface area contributed by atoms with E-state index in [0.717, 1.165) is 12.0 Å². The van der Waals surface area contributed by atoms with Crippen molar-refractivity contribution >= 4 is 29.0 Å². The van der Waals surface area contributed by atoms with Crippen LogP contribution in [0.1, 0.15) is 5.56 Å². The molecule has 0 aliphatic heterocycles. The maximum Gasteiger partial charge on any atom is 0.353 e. The van der Waals surface area contributed by atoms with Gasteiger partial charge in [0.05, 0.1) is 24.8 Å². The lowest BCUT2D eigenvalue weighted by atomic mass is 10.1. The van der Waals surface area contributed by atoms with E-state index in [9.17, 15) is 10.1 Å². The number of anilines is 4. The quantitative estimate of drug-likeness (QED) is 0.358. The van der Waals surface area contributed by atoms with Gasteiger partial charge in [-0.15, -0.1) is 0 Å². The average molecular weight is 410 g/mol. The number of ether oxygens (including phenoxy) is 2. The zero-order valence-electron chi connectivity index (χ0n) is 16.6. The molecule has 0 fully saturated rings. The highest BCUT2D eigenvalue weighted by Gasteiger charge is 2.24. The first-order valence-corrected chi connectivity index (χ1v) is 9.10. The molecule has 3 aromatic rings. The summed E-state index contributed by atoms with van der Waals surface area (Å²) in [6.07, 6.45) is 0.730. The van der Waals surface area contributed by atoms with E-state index < -0.39 is 10.6 Å². The van der Waals surface area contributed by atoms with E-state index in [1.54, 1.807) is 18.2 Å². The highest BCUT2D eigenvalue weighted by Crippen LogP contribution is 2.36. The molecule has 10 nitrogen and oxygen atoms in total. The lowest BCUT2D eigenvalue weighted by molar-refractivity contribution is -0.383. The topological polar surface area (TPSA) is 137 Å². The molecule has 0 unspecified atom stereocenters. The molecule has 3 rings (SSSR count). The van der Waals surface area contributed by atoms with Crippen molar-refractivity contribution in [3.8, 4) is 11.5 Å². The van der Waals surface area contributed by atoms with Crippen LogP contribution in [0.2, 0.25) is 0 Å². The first-order valence-electron chi connectivity index (χ1n) is 9.10. The number of nitrogen functional groups attached to an aromatic ring is 1. The van der Waals surface area contributed by atoms with Gasteiger partial charge < -0.3 is 25.8 Å². The van der Waals surface area contributed by atoms with Gasteiger partial charge in [0.1, 0.15) is 11.5 Å². The molecular weight excluding hydrogens is 388 g/mol. The molecule has 0 bridgehead atoms. The second kappa shape index (κ2) is 9.41. The minimum atomic E-state index is -0.627. The van der Waals surface area contributed by atoms with Gasteiger partial charge in [-0.3, -0.25) is 10.1 Å². The zero-order chi connectivity index (χ0) is 21.5. The molecule has 0 aliphatic rings. The van der Waals surface area contributed by atoms with E-state index in [4.69, 9.17) is 15.2 Å². The Hall–Kier alpha value is -4.08.